The molecule has 0 spiro atoms. The molecule has 0 radical (unpaired) electrons. The number of benzene rings is 1. The summed E-state index contributed by atoms with van der Waals surface area (Å²) < 4.78 is 5.41. The summed E-state index contributed by atoms with van der Waals surface area (Å²) in [6, 6.07) is 13.2. The maximum atomic E-state index is 5.60. The van der Waals surface area contributed by atoms with Crippen molar-refractivity contribution in [3.05, 3.63) is 53.2 Å². The first-order chi connectivity index (χ1) is 7.34. The van der Waals surface area contributed by atoms with Gasteiger partial charge < -0.3 is 4.74 Å². The molecule has 0 aliphatic heterocycles. The van der Waals surface area contributed by atoms with E-state index >= 15 is 0 Å². The van der Waals surface area contributed by atoms with E-state index < -0.39 is 0 Å². The highest BCUT2D eigenvalue weighted by atomic mass is 35.5. The average molecular weight is 221 g/mol. The van der Waals surface area contributed by atoms with Crippen molar-refractivity contribution in [2.45, 2.75) is 6.61 Å². The Bertz CT molecular complexity index is 416. The molecule has 0 unspecified atom stereocenters. The molecule has 0 aliphatic carbocycles. The van der Waals surface area contributed by atoms with Crippen LogP contribution in [0.1, 0.15) is 5.56 Å². The maximum absolute atomic E-state index is 5.60. The minimum atomic E-state index is 0.363. The number of aromatic nitrogens is 2. The van der Waals surface area contributed by atoms with Crippen LogP contribution in [0.25, 0.3) is 0 Å². The third kappa shape index (κ3) is 2.92. The Morgan fingerprint density at radius 1 is 1.00 bits per heavy atom. The van der Waals surface area contributed by atoms with Crippen molar-refractivity contribution in [3.63, 3.8) is 0 Å². The Hall–Kier alpha value is -1.61. The molecule has 0 atom stereocenters. The average Bonchev–Trinajstić information content (AvgIpc) is 2.30. The maximum Gasteiger partial charge on any atom is 0.233 e. The lowest BCUT2D eigenvalue weighted by Gasteiger charge is -2.03. The number of halogens is 1. The summed E-state index contributed by atoms with van der Waals surface area (Å²) in [6.45, 7) is 0.483. The van der Waals surface area contributed by atoms with E-state index in [4.69, 9.17) is 16.3 Å². The van der Waals surface area contributed by atoms with E-state index in [9.17, 15) is 0 Å². The highest BCUT2D eigenvalue weighted by Gasteiger charge is 1.97. The molecule has 1 aromatic carbocycles. The van der Waals surface area contributed by atoms with Gasteiger partial charge in [-0.3, -0.25) is 0 Å². The van der Waals surface area contributed by atoms with Crippen LogP contribution in [-0.4, -0.2) is 10.2 Å². The monoisotopic (exact) mass is 220 g/mol. The Labute approximate surface area is 92.7 Å². The second-order valence-electron chi connectivity index (χ2n) is 2.97. The molecule has 0 bridgehead atoms. The molecule has 0 aliphatic rings. The number of hydrogen-bond donors (Lipinski definition) is 0. The first kappa shape index (κ1) is 9.93. The molecule has 3 nitrogen and oxygen atoms in total. The SMILES string of the molecule is Clc1ccc(OCc2ccccc2)nn1. The summed E-state index contributed by atoms with van der Waals surface area (Å²) in [6.07, 6.45) is 0. The van der Waals surface area contributed by atoms with Gasteiger partial charge in [-0.05, 0) is 11.6 Å². The van der Waals surface area contributed by atoms with Gasteiger partial charge in [0.15, 0.2) is 5.15 Å². The third-order valence-corrected chi connectivity index (χ3v) is 2.04. The predicted molar refractivity (Wildman–Crippen MR) is 57.8 cm³/mol. The van der Waals surface area contributed by atoms with E-state index in [-0.39, 0.29) is 0 Å². The number of hydrogen-bond acceptors (Lipinski definition) is 3. The van der Waals surface area contributed by atoms with Gasteiger partial charge in [0.25, 0.3) is 0 Å². The van der Waals surface area contributed by atoms with Gasteiger partial charge in [0.05, 0.1) is 0 Å². The van der Waals surface area contributed by atoms with E-state index in [1.54, 1.807) is 12.1 Å². The summed E-state index contributed by atoms with van der Waals surface area (Å²) in [4.78, 5) is 0. The molecule has 0 amide bonds. The van der Waals surface area contributed by atoms with Crippen molar-refractivity contribution in [1.29, 1.82) is 0 Å². The Kier molecular flexibility index (Phi) is 3.15. The van der Waals surface area contributed by atoms with Crippen LogP contribution in [0.5, 0.6) is 5.88 Å². The molecule has 0 saturated heterocycles. The zero-order chi connectivity index (χ0) is 10.5. The number of rotatable bonds is 3. The highest BCUT2D eigenvalue weighted by molar-refractivity contribution is 6.29. The van der Waals surface area contributed by atoms with Gasteiger partial charge in [-0.1, -0.05) is 41.9 Å². The first-order valence-electron chi connectivity index (χ1n) is 4.50. The third-order valence-electron chi connectivity index (χ3n) is 1.84. The standard InChI is InChI=1S/C11H9ClN2O/c12-10-6-7-11(14-13-10)15-8-9-4-2-1-3-5-9/h1-7H,8H2. The minimum Gasteiger partial charge on any atom is -0.472 e. The zero-order valence-electron chi connectivity index (χ0n) is 7.93. The second-order valence-corrected chi connectivity index (χ2v) is 3.36. The second kappa shape index (κ2) is 4.75. The van der Waals surface area contributed by atoms with Crippen LogP contribution in [0.4, 0.5) is 0 Å². The van der Waals surface area contributed by atoms with Crippen molar-refractivity contribution < 1.29 is 4.74 Å². The number of nitrogens with zero attached hydrogens (tertiary/aromatic N) is 2. The smallest absolute Gasteiger partial charge is 0.233 e. The van der Waals surface area contributed by atoms with Crippen LogP contribution in [0.2, 0.25) is 5.15 Å². The molecule has 2 rings (SSSR count). The summed E-state index contributed by atoms with van der Waals surface area (Å²) in [5.41, 5.74) is 1.09. The van der Waals surface area contributed by atoms with Crippen molar-refractivity contribution in [2.24, 2.45) is 0 Å². The predicted octanol–water partition coefficient (Wildman–Crippen LogP) is 2.71. The molecule has 0 N–H and O–H groups in total. The normalized spacial score (nSPS) is 9.93. The molecule has 1 aromatic heterocycles. The molecule has 15 heavy (non-hydrogen) atoms. The molecule has 76 valence electrons. The summed E-state index contributed by atoms with van der Waals surface area (Å²) in [7, 11) is 0. The lowest BCUT2D eigenvalue weighted by molar-refractivity contribution is 0.290. The lowest BCUT2D eigenvalue weighted by Crippen LogP contribution is -1.97. The van der Waals surface area contributed by atoms with E-state index in [1.165, 1.54) is 0 Å². The molecule has 4 heteroatoms. The lowest BCUT2D eigenvalue weighted by atomic mass is 10.2. The van der Waals surface area contributed by atoms with Crippen LogP contribution in [0.15, 0.2) is 42.5 Å². The quantitative estimate of drug-likeness (QED) is 0.798. The molecule has 2 aromatic rings. The van der Waals surface area contributed by atoms with Gasteiger partial charge in [-0.15, -0.1) is 10.2 Å². The van der Waals surface area contributed by atoms with Crippen LogP contribution >= 0.6 is 11.6 Å². The van der Waals surface area contributed by atoms with Crippen molar-refractivity contribution in [2.75, 3.05) is 0 Å². The Morgan fingerprint density at radius 3 is 2.47 bits per heavy atom. The summed E-state index contributed by atoms with van der Waals surface area (Å²) >= 11 is 5.60. The van der Waals surface area contributed by atoms with E-state index in [0.29, 0.717) is 17.6 Å². The molecule has 0 saturated carbocycles. The fourth-order valence-electron chi connectivity index (χ4n) is 1.11. The number of ether oxygens (including phenoxy) is 1. The van der Waals surface area contributed by atoms with Crippen LogP contribution in [0.3, 0.4) is 0 Å². The van der Waals surface area contributed by atoms with Crippen LogP contribution in [0, 0.1) is 0 Å². The van der Waals surface area contributed by atoms with Crippen molar-refractivity contribution in [3.8, 4) is 5.88 Å². The molecular weight excluding hydrogens is 212 g/mol. The van der Waals surface area contributed by atoms with Gasteiger partial charge >= 0.3 is 0 Å². The Balaban J connectivity index is 1.96. The van der Waals surface area contributed by atoms with E-state index in [1.807, 2.05) is 30.3 Å². The summed E-state index contributed by atoms with van der Waals surface area (Å²) in [5, 5.41) is 7.83. The topological polar surface area (TPSA) is 35.0 Å². The van der Waals surface area contributed by atoms with E-state index in [2.05, 4.69) is 10.2 Å². The van der Waals surface area contributed by atoms with Crippen molar-refractivity contribution >= 4 is 11.6 Å². The molecule has 1 heterocycles. The fourth-order valence-corrected chi connectivity index (χ4v) is 1.21. The molecule has 0 fully saturated rings. The van der Waals surface area contributed by atoms with E-state index in [0.717, 1.165) is 5.56 Å². The van der Waals surface area contributed by atoms with Gasteiger partial charge in [0, 0.05) is 6.07 Å². The summed E-state index contributed by atoms with van der Waals surface area (Å²) in [5.74, 6) is 0.475. The largest absolute Gasteiger partial charge is 0.472 e. The van der Waals surface area contributed by atoms with Crippen molar-refractivity contribution in [1.82, 2.24) is 10.2 Å². The van der Waals surface area contributed by atoms with Gasteiger partial charge in [0.2, 0.25) is 5.88 Å². The van der Waals surface area contributed by atoms with Crippen LogP contribution in [-0.2, 0) is 6.61 Å². The Morgan fingerprint density at radius 2 is 1.80 bits per heavy atom. The molecular formula is C11H9ClN2O. The minimum absolute atomic E-state index is 0.363. The highest BCUT2D eigenvalue weighted by Crippen LogP contribution is 2.10. The fraction of sp³-hybridized carbons (Fsp3) is 0.0909. The zero-order valence-corrected chi connectivity index (χ0v) is 8.69. The van der Waals surface area contributed by atoms with Gasteiger partial charge in [0.1, 0.15) is 6.61 Å². The first-order valence-corrected chi connectivity index (χ1v) is 4.88. The van der Waals surface area contributed by atoms with Gasteiger partial charge in [-0.25, -0.2) is 0 Å². The van der Waals surface area contributed by atoms with Gasteiger partial charge in [-0.2, -0.15) is 0 Å². The van der Waals surface area contributed by atoms with Crippen LogP contribution < -0.4 is 4.74 Å².